The van der Waals surface area contributed by atoms with E-state index in [9.17, 15) is 0 Å². The van der Waals surface area contributed by atoms with Crippen molar-refractivity contribution < 1.29 is 0 Å². The maximum absolute atomic E-state index is 5.79. The highest BCUT2D eigenvalue weighted by Crippen LogP contribution is 2.24. The third-order valence-corrected chi connectivity index (χ3v) is 2.14. The Kier molecular flexibility index (Phi) is 1.66. The maximum Gasteiger partial charge on any atom is 0.114 e. The average Bonchev–Trinajstić information content (AvgIpc) is 2.12. The van der Waals surface area contributed by atoms with Crippen LogP contribution in [0.2, 0.25) is 0 Å². The second kappa shape index (κ2) is 2.70. The van der Waals surface area contributed by atoms with Crippen LogP contribution in [0.25, 0.3) is 10.8 Å². The monoisotopic (exact) mass is 168 g/mol. The van der Waals surface area contributed by atoms with Crippen molar-refractivity contribution in [1.29, 1.82) is 0 Å². The summed E-state index contributed by atoms with van der Waals surface area (Å²) in [5, 5.41) is 1.77. The highest BCUT2D eigenvalue weighted by molar-refractivity contribution is 6.39. The molecule has 2 aromatic rings. The van der Waals surface area contributed by atoms with Gasteiger partial charge in [0, 0.05) is 16.8 Å². The van der Waals surface area contributed by atoms with Gasteiger partial charge in [0.15, 0.2) is 0 Å². The molecule has 3 heteroatoms. The van der Waals surface area contributed by atoms with Crippen LogP contribution in [0.3, 0.4) is 0 Å². The number of hydrogen-bond donors (Lipinski definition) is 2. The molecule has 4 N–H and O–H groups in total. The summed E-state index contributed by atoms with van der Waals surface area (Å²) >= 11 is 0. The van der Waals surface area contributed by atoms with Gasteiger partial charge in [0.05, 0.1) is 0 Å². The van der Waals surface area contributed by atoms with E-state index in [1.54, 1.807) is 12.1 Å². The van der Waals surface area contributed by atoms with Crippen LogP contribution in [-0.2, 0) is 0 Å². The number of rotatable bonds is 0. The molecular formula is C10H9BN2. The number of nitrogens with two attached hydrogens (primary N) is 2. The summed E-state index contributed by atoms with van der Waals surface area (Å²) in [5.41, 5.74) is 13.6. The maximum atomic E-state index is 5.79. The normalized spacial score (nSPS) is 10.5. The van der Waals surface area contributed by atoms with Crippen molar-refractivity contribution in [3.63, 3.8) is 0 Å². The lowest BCUT2D eigenvalue weighted by molar-refractivity contribution is 1.73. The Bertz CT molecular complexity index is 457. The van der Waals surface area contributed by atoms with Gasteiger partial charge >= 0.3 is 0 Å². The minimum Gasteiger partial charge on any atom is -0.398 e. The second-order valence-electron chi connectivity index (χ2n) is 3.01. The van der Waals surface area contributed by atoms with Crippen LogP contribution in [0, 0.1) is 0 Å². The Morgan fingerprint density at radius 3 is 2.31 bits per heavy atom. The molecule has 0 saturated carbocycles. The number of nitrogen functional groups attached to an aromatic ring is 2. The van der Waals surface area contributed by atoms with Gasteiger partial charge in [-0.15, -0.1) is 0 Å². The first kappa shape index (κ1) is 7.99. The van der Waals surface area contributed by atoms with Gasteiger partial charge in [-0.25, -0.2) is 0 Å². The summed E-state index contributed by atoms with van der Waals surface area (Å²) in [6, 6.07) is 9.16. The van der Waals surface area contributed by atoms with E-state index >= 15 is 0 Å². The quantitative estimate of drug-likeness (QED) is 0.451. The summed E-state index contributed by atoms with van der Waals surface area (Å²) in [6.07, 6.45) is 0. The largest absolute Gasteiger partial charge is 0.398 e. The standard InChI is InChI=1S/C10H9BN2/c11-7-4-5-9(13)10-6(7)2-1-3-8(10)12/h1-5H,12-13H2. The SMILES string of the molecule is [B]c1ccc(N)c2c(N)cccc12. The van der Waals surface area contributed by atoms with E-state index in [0.717, 1.165) is 10.8 Å². The van der Waals surface area contributed by atoms with Crippen molar-refractivity contribution in [2.75, 3.05) is 11.5 Å². The topological polar surface area (TPSA) is 52.0 Å². The fourth-order valence-corrected chi connectivity index (χ4v) is 1.49. The molecule has 13 heavy (non-hydrogen) atoms. The zero-order valence-electron chi connectivity index (χ0n) is 7.12. The number of fused-ring (bicyclic) bond motifs is 1. The predicted octanol–water partition coefficient (Wildman–Crippen LogP) is 0.798. The molecule has 0 spiro atoms. The molecule has 0 aliphatic carbocycles. The van der Waals surface area contributed by atoms with Crippen molar-refractivity contribution in [1.82, 2.24) is 0 Å². The van der Waals surface area contributed by atoms with Crippen molar-refractivity contribution in [3.05, 3.63) is 30.3 Å². The first-order valence-electron chi connectivity index (χ1n) is 4.02. The van der Waals surface area contributed by atoms with Gasteiger partial charge in [0.25, 0.3) is 0 Å². The Balaban J connectivity index is 3.00. The second-order valence-corrected chi connectivity index (χ2v) is 3.01. The van der Waals surface area contributed by atoms with E-state index < -0.39 is 0 Å². The Labute approximate surface area is 77.9 Å². The molecule has 0 fully saturated rings. The predicted molar refractivity (Wildman–Crippen MR) is 58.2 cm³/mol. The Morgan fingerprint density at radius 1 is 0.923 bits per heavy atom. The summed E-state index contributed by atoms with van der Waals surface area (Å²) in [6.45, 7) is 0. The van der Waals surface area contributed by atoms with Crippen LogP contribution in [-0.4, -0.2) is 7.85 Å². The van der Waals surface area contributed by atoms with E-state index in [1.165, 1.54) is 0 Å². The third-order valence-electron chi connectivity index (χ3n) is 2.14. The van der Waals surface area contributed by atoms with Crippen molar-refractivity contribution in [2.45, 2.75) is 0 Å². The summed E-state index contributed by atoms with van der Waals surface area (Å²) < 4.78 is 0. The lowest BCUT2D eigenvalue weighted by Gasteiger charge is -2.07. The van der Waals surface area contributed by atoms with Crippen LogP contribution in [0.4, 0.5) is 11.4 Å². The van der Waals surface area contributed by atoms with Crippen LogP contribution < -0.4 is 16.9 Å². The number of anilines is 2. The minimum atomic E-state index is 0.669. The van der Waals surface area contributed by atoms with Gasteiger partial charge in [-0.1, -0.05) is 23.7 Å². The van der Waals surface area contributed by atoms with E-state index in [-0.39, 0.29) is 0 Å². The summed E-state index contributed by atoms with van der Waals surface area (Å²) in [5.74, 6) is 0. The molecule has 2 nitrogen and oxygen atoms in total. The first-order valence-corrected chi connectivity index (χ1v) is 4.02. The van der Waals surface area contributed by atoms with Gasteiger partial charge in [0.1, 0.15) is 7.85 Å². The van der Waals surface area contributed by atoms with Crippen LogP contribution >= 0.6 is 0 Å². The van der Waals surface area contributed by atoms with Gasteiger partial charge in [0.2, 0.25) is 0 Å². The molecule has 0 amide bonds. The molecule has 0 heterocycles. The van der Waals surface area contributed by atoms with Crippen molar-refractivity contribution >= 4 is 35.5 Å². The van der Waals surface area contributed by atoms with Gasteiger partial charge in [-0.05, 0) is 17.5 Å². The molecule has 0 aliphatic heterocycles. The molecule has 62 valence electrons. The van der Waals surface area contributed by atoms with Crippen LogP contribution in [0.15, 0.2) is 30.3 Å². The third kappa shape index (κ3) is 1.13. The fourth-order valence-electron chi connectivity index (χ4n) is 1.49. The molecule has 2 rings (SSSR count). The van der Waals surface area contributed by atoms with E-state index in [1.807, 2.05) is 18.2 Å². The molecule has 0 bridgehead atoms. The highest BCUT2D eigenvalue weighted by atomic mass is 14.6. The fraction of sp³-hybridized carbons (Fsp3) is 0. The van der Waals surface area contributed by atoms with Gasteiger partial charge in [-0.3, -0.25) is 0 Å². The van der Waals surface area contributed by atoms with E-state index in [4.69, 9.17) is 19.3 Å². The van der Waals surface area contributed by atoms with Crippen LogP contribution in [0.5, 0.6) is 0 Å². The zero-order chi connectivity index (χ0) is 9.42. The lowest BCUT2D eigenvalue weighted by Crippen LogP contribution is -2.06. The number of benzene rings is 2. The average molecular weight is 168 g/mol. The van der Waals surface area contributed by atoms with E-state index in [2.05, 4.69) is 0 Å². The molecular weight excluding hydrogens is 159 g/mol. The first-order chi connectivity index (χ1) is 6.20. The molecule has 0 saturated heterocycles. The smallest absolute Gasteiger partial charge is 0.114 e. The van der Waals surface area contributed by atoms with Crippen molar-refractivity contribution in [2.24, 2.45) is 0 Å². The molecule has 0 aliphatic rings. The number of hydrogen-bond acceptors (Lipinski definition) is 2. The molecule has 0 aromatic heterocycles. The summed E-state index contributed by atoms with van der Waals surface area (Å²) in [7, 11) is 5.78. The minimum absolute atomic E-state index is 0.669. The zero-order valence-corrected chi connectivity index (χ0v) is 7.12. The molecule has 2 aromatic carbocycles. The highest BCUT2D eigenvalue weighted by Gasteiger charge is 2.02. The van der Waals surface area contributed by atoms with Gasteiger partial charge < -0.3 is 11.5 Å². The van der Waals surface area contributed by atoms with Gasteiger partial charge in [-0.2, -0.15) is 0 Å². The van der Waals surface area contributed by atoms with Crippen molar-refractivity contribution in [3.8, 4) is 0 Å². The molecule has 0 atom stereocenters. The lowest BCUT2D eigenvalue weighted by atomic mass is 9.89. The Hall–Kier alpha value is -1.64. The molecule has 0 unspecified atom stereocenters. The Morgan fingerprint density at radius 2 is 1.62 bits per heavy atom. The summed E-state index contributed by atoms with van der Waals surface area (Å²) in [4.78, 5) is 0. The molecule has 2 radical (unpaired) electrons. The van der Waals surface area contributed by atoms with E-state index in [0.29, 0.717) is 16.8 Å². The van der Waals surface area contributed by atoms with Crippen LogP contribution in [0.1, 0.15) is 0 Å².